The van der Waals surface area contributed by atoms with Gasteiger partial charge in [-0.2, -0.15) is 0 Å². The van der Waals surface area contributed by atoms with Crippen LogP contribution >= 0.6 is 15.9 Å². The molecule has 0 aliphatic carbocycles. The predicted octanol–water partition coefficient (Wildman–Crippen LogP) is 2.14. The third-order valence-electron chi connectivity index (χ3n) is 1.93. The molecule has 1 atom stereocenters. The van der Waals surface area contributed by atoms with Gasteiger partial charge in [0.05, 0.1) is 6.61 Å². The Kier molecular flexibility index (Phi) is 5.08. The number of hydrogen-bond acceptors (Lipinski definition) is 3. The molecule has 0 saturated carbocycles. The lowest BCUT2D eigenvalue weighted by molar-refractivity contribution is 0.0325. The highest BCUT2D eigenvalue weighted by atomic mass is 79.9. The van der Waals surface area contributed by atoms with Crippen molar-refractivity contribution in [3.8, 4) is 5.75 Å². The number of aliphatic hydroxyl groups excluding tert-OH is 1. The van der Waals surface area contributed by atoms with Crippen molar-refractivity contribution in [3.05, 3.63) is 28.2 Å². The highest BCUT2D eigenvalue weighted by molar-refractivity contribution is 9.10. The number of halogens is 1. The average Bonchev–Trinajstić information content (AvgIpc) is 2.20. The van der Waals surface area contributed by atoms with E-state index in [1.54, 1.807) is 7.11 Å². The molecule has 0 aliphatic heterocycles. The molecule has 0 amide bonds. The van der Waals surface area contributed by atoms with Gasteiger partial charge in [0.15, 0.2) is 0 Å². The maximum Gasteiger partial charge on any atom is 0.119 e. The van der Waals surface area contributed by atoms with Gasteiger partial charge in [0, 0.05) is 11.6 Å². The Labute approximate surface area is 98.1 Å². The highest BCUT2D eigenvalue weighted by Crippen LogP contribution is 2.21. The third kappa shape index (κ3) is 4.20. The van der Waals surface area contributed by atoms with Gasteiger partial charge in [0.25, 0.3) is 0 Å². The molecular formula is C11H15BrO3. The molecule has 0 saturated heterocycles. The van der Waals surface area contributed by atoms with Crippen LogP contribution in [0.3, 0.4) is 0 Å². The number of benzene rings is 1. The van der Waals surface area contributed by atoms with E-state index in [-0.39, 0.29) is 13.2 Å². The maximum atomic E-state index is 9.38. The van der Waals surface area contributed by atoms with Gasteiger partial charge in [-0.3, -0.25) is 0 Å². The van der Waals surface area contributed by atoms with Crippen molar-refractivity contribution < 1.29 is 14.6 Å². The quantitative estimate of drug-likeness (QED) is 0.894. The molecular weight excluding hydrogens is 260 g/mol. The lowest BCUT2D eigenvalue weighted by atomic mass is 10.2. The number of aliphatic hydroxyl groups is 1. The summed E-state index contributed by atoms with van der Waals surface area (Å²) in [5.74, 6) is 0.755. The molecule has 4 heteroatoms. The fourth-order valence-corrected chi connectivity index (χ4v) is 1.39. The molecule has 15 heavy (non-hydrogen) atoms. The average molecular weight is 275 g/mol. The summed E-state index contributed by atoms with van der Waals surface area (Å²) in [6.45, 7) is 2.52. The first kappa shape index (κ1) is 12.5. The van der Waals surface area contributed by atoms with Crippen LogP contribution in [0.1, 0.15) is 5.56 Å². The fraction of sp³-hybridized carbons (Fsp3) is 0.455. The largest absolute Gasteiger partial charge is 0.491 e. The minimum Gasteiger partial charge on any atom is -0.491 e. The van der Waals surface area contributed by atoms with Crippen molar-refractivity contribution in [2.45, 2.75) is 13.0 Å². The van der Waals surface area contributed by atoms with Crippen LogP contribution in [0.25, 0.3) is 0 Å². The van der Waals surface area contributed by atoms with Gasteiger partial charge in [-0.05, 0) is 30.7 Å². The SMILES string of the molecule is COC[C@@H](O)COc1ccc(Br)c(C)c1. The summed E-state index contributed by atoms with van der Waals surface area (Å²) in [7, 11) is 1.55. The summed E-state index contributed by atoms with van der Waals surface area (Å²) < 4.78 is 11.3. The van der Waals surface area contributed by atoms with Gasteiger partial charge >= 0.3 is 0 Å². The standard InChI is InChI=1S/C11H15BrO3/c1-8-5-10(3-4-11(8)12)15-7-9(13)6-14-2/h3-5,9,13H,6-7H2,1-2H3/t9-/m1/s1. The van der Waals surface area contributed by atoms with Crippen molar-refractivity contribution >= 4 is 15.9 Å². The topological polar surface area (TPSA) is 38.7 Å². The number of rotatable bonds is 5. The molecule has 84 valence electrons. The molecule has 0 spiro atoms. The minimum absolute atomic E-state index is 0.245. The van der Waals surface area contributed by atoms with E-state index in [4.69, 9.17) is 9.47 Å². The second kappa shape index (κ2) is 6.10. The minimum atomic E-state index is -0.584. The van der Waals surface area contributed by atoms with E-state index >= 15 is 0 Å². The highest BCUT2D eigenvalue weighted by Gasteiger charge is 2.04. The molecule has 0 bridgehead atoms. The van der Waals surface area contributed by atoms with Crippen molar-refractivity contribution in [1.29, 1.82) is 0 Å². The zero-order chi connectivity index (χ0) is 11.3. The van der Waals surface area contributed by atoms with Gasteiger partial charge < -0.3 is 14.6 Å². The van der Waals surface area contributed by atoms with Gasteiger partial charge in [-0.15, -0.1) is 0 Å². The molecule has 0 unspecified atom stereocenters. The Morgan fingerprint density at radius 3 is 2.73 bits per heavy atom. The summed E-state index contributed by atoms with van der Waals surface area (Å²) in [6.07, 6.45) is -0.584. The van der Waals surface area contributed by atoms with E-state index in [0.29, 0.717) is 0 Å². The van der Waals surface area contributed by atoms with E-state index < -0.39 is 6.10 Å². The Bertz CT molecular complexity index is 315. The van der Waals surface area contributed by atoms with Gasteiger partial charge in [0.2, 0.25) is 0 Å². The molecule has 1 aromatic carbocycles. The van der Waals surface area contributed by atoms with Crippen LogP contribution in [0.2, 0.25) is 0 Å². The first-order valence-electron chi connectivity index (χ1n) is 4.69. The molecule has 1 aromatic rings. The first-order valence-corrected chi connectivity index (χ1v) is 5.48. The molecule has 0 heterocycles. The smallest absolute Gasteiger partial charge is 0.119 e. The maximum absolute atomic E-state index is 9.38. The Hall–Kier alpha value is -0.580. The Balaban J connectivity index is 2.47. The molecule has 3 nitrogen and oxygen atoms in total. The lowest BCUT2D eigenvalue weighted by Crippen LogP contribution is -2.22. The zero-order valence-corrected chi connectivity index (χ0v) is 10.5. The van der Waals surface area contributed by atoms with Gasteiger partial charge in [0.1, 0.15) is 18.5 Å². The van der Waals surface area contributed by atoms with Crippen molar-refractivity contribution in [1.82, 2.24) is 0 Å². The second-order valence-electron chi connectivity index (χ2n) is 3.33. The molecule has 0 aromatic heterocycles. The molecule has 0 radical (unpaired) electrons. The van der Waals surface area contributed by atoms with Crippen molar-refractivity contribution in [2.75, 3.05) is 20.3 Å². The van der Waals surface area contributed by atoms with Crippen molar-refractivity contribution in [2.24, 2.45) is 0 Å². The van der Waals surface area contributed by atoms with Crippen LogP contribution in [0, 0.1) is 6.92 Å². The van der Waals surface area contributed by atoms with Crippen LogP contribution < -0.4 is 4.74 Å². The molecule has 1 rings (SSSR count). The third-order valence-corrected chi connectivity index (χ3v) is 2.82. The summed E-state index contributed by atoms with van der Waals surface area (Å²) in [4.78, 5) is 0. The van der Waals surface area contributed by atoms with E-state index in [9.17, 15) is 5.11 Å². The number of aryl methyl sites for hydroxylation is 1. The number of ether oxygens (including phenoxy) is 2. The van der Waals surface area contributed by atoms with Crippen LogP contribution in [-0.4, -0.2) is 31.5 Å². The van der Waals surface area contributed by atoms with E-state index in [0.717, 1.165) is 15.8 Å². The summed E-state index contributed by atoms with van der Waals surface area (Å²) in [5, 5.41) is 9.38. The predicted molar refractivity (Wildman–Crippen MR) is 62.3 cm³/mol. The Morgan fingerprint density at radius 1 is 1.40 bits per heavy atom. The van der Waals surface area contributed by atoms with Crippen LogP contribution in [0.15, 0.2) is 22.7 Å². The zero-order valence-electron chi connectivity index (χ0n) is 8.87. The van der Waals surface area contributed by atoms with E-state index in [1.165, 1.54) is 0 Å². The summed E-state index contributed by atoms with van der Waals surface area (Å²) in [5.41, 5.74) is 1.11. The van der Waals surface area contributed by atoms with Crippen LogP contribution in [0.5, 0.6) is 5.75 Å². The van der Waals surface area contributed by atoms with Crippen LogP contribution in [-0.2, 0) is 4.74 Å². The van der Waals surface area contributed by atoms with Crippen LogP contribution in [0.4, 0.5) is 0 Å². The monoisotopic (exact) mass is 274 g/mol. The lowest BCUT2D eigenvalue weighted by Gasteiger charge is -2.12. The number of methoxy groups -OCH3 is 1. The Morgan fingerprint density at radius 2 is 2.13 bits per heavy atom. The van der Waals surface area contributed by atoms with E-state index in [2.05, 4.69) is 15.9 Å². The summed E-state index contributed by atoms with van der Waals surface area (Å²) in [6, 6.07) is 5.70. The first-order chi connectivity index (χ1) is 7.13. The molecule has 0 fully saturated rings. The molecule has 0 aliphatic rings. The fourth-order valence-electron chi connectivity index (χ4n) is 1.14. The van der Waals surface area contributed by atoms with Gasteiger partial charge in [-0.1, -0.05) is 15.9 Å². The normalized spacial score (nSPS) is 12.5. The van der Waals surface area contributed by atoms with Gasteiger partial charge in [-0.25, -0.2) is 0 Å². The second-order valence-corrected chi connectivity index (χ2v) is 4.19. The number of hydrogen-bond donors (Lipinski definition) is 1. The van der Waals surface area contributed by atoms with E-state index in [1.807, 2.05) is 25.1 Å². The molecule has 1 N–H and O–H groups in total. The van der Waals surface area contributed by atoms with Crippen molar-refractivity contribution in [3.63, 3.8) is 0 Å². The summed E-state index contributed by atoms with van der Waals surface area (Å²) >= 11 is 3.41.